The number of ether oxygens (including phenoxy) is 2. The van der Waals surface area contributed by atoms with Crippen LogP contribution >= 0.6 is 11.6 Å². The highest BCUT2D eigenvalue weighted by Crippen LogP contribution is 2.11. The lowest BCUT2D eigenvalue weighted by Gasteiger charge is -2.30. The van der Waals surface area contributed by atoms with Crippen molar-refractivity contribution in [3.05, 3.63) is 0 Å². The lowest BCUT2D eigenvalue weighted by Crippen LogP contribution is -2.51. The Labute approximate surface area is 193 Å². The third-order valence-corrected chi connectivity index (χ3v) is 5.76. The molecule has 0 saturated carbocycles. The van der Waals surface area contributed by atoms with Crippen LogP contribution in [-0.2, 0) is 19.1 Å². The number of nitrogens with zero attached hydrogens (tertiary/aromatic N) is 2. The molecule has 0 aromatic heterocycles. The zero-order chi connectivity index (χ0) is 23.6. The van der Waals surface area contributed by atoms with Crippen LogP contribution in [0, 0.1) is 0 Å². The highest BCUT2D eigenvalue weighted by Gasteiger charge is 2.31. The van der Waals surface area contributed by atoms with Gasteiger partial charge in [-0.05, 0) is 26.7 Å². The van der Waals surface area contributed by atoms with E-state index in [4.69, 9.17) is 21.1 Å². The summed E-state index contributed by atoms with van der Waals surface area (Å²) in [4.78, 5) is 39.5. The first-order chi connectivity index (χ1) is 14.8. The van der Waals surface area contributed by atoms with E-state index in [0.717, 1.165) is 19.3 Å². The van der Waals surface area contributed by atoms with Crippen LogP contribution in [0.4, 0.5) is 4.79 Å². The molecule has 2 atom stereocenters. The Morgan fingerprint density at radius 1 is 0.742 bits per heavy atom. The zero-order valence-corrected chi connectivity index (χ0v) is 20.9. The molecule has 0 bridgehead atoms. The standard InChI is InChI=1S/C23H43ClN2O5/c1-6-7-8-9-10-11-12-13-14-17-30-22(28)20(3)25(4)21(27)19(2)26(5)23(29)31-18-15-16-24/h19-20H,6-18H2,1-5H3. The lowest BCUT2D eigenvalue weighted by molar-refractivity contribution is -0.154. The van der Waals surface area contributed by atoms with Crippen molar-refractivity contribution in [3.63, 3.8) is 0 Å². The normalized spacial score (nSPS) is 12.7. The fourth-order valence-corrected chi connectivity index (χ4v) is 3.10. The summed E-state index contributed by atoms with van der Waals surface area (Å²) in [7, 11) is 3.03. The molecule has 0 aromatic carbocycles. The minimum Gasteiger partial charge on any atom is -0.464 e. The SMILES string of the molecule is CCCCCCCCCCCOC(=O)C(C)N(C)C(=O)C(C)N(C)C(=O)OCCCCl. The van der Waals surface area contributed by atoms with E-state index in [9.17, 15) is 14.4 Å². The Bertz CT molecular complexity index is 518. The lowest BCUT2D eigenvalue weighted by atomic mass is 10.1. The molecular formula is C23H43ClN2O5. The smallest absolute Gasteiger partial charge is 0.410 e. The van der Waals surface area contributed by atoms with Gasteiger partial charge in [-0.1, -0.05) is 58.3 Å². The van der Waals surface area contributed by atoms with Crippen molar-refractivity contribution in [2.45, 2.75) is 97.1 Å². The first-order valence-corrected chi connectivity index (χ1v) is 12.2. The van der Waals surface area contributed by atoms with Crippen molar-refractivity contribution in [3.8, 4) is 0 Å². The topological polar surface area (TPSA) is 76.2 Å². The van der Waals surface area contributed by atoms with E-state index in [1.54, 1.807) is 13.8 Å². The van der Waals surface area contributed by atoms with Gasteiger partial charge in [-0.25, -0.2) is 9.59 Å². The van der Waals surface area contributed by atoms with Crippen LogP contribution in [0.15, 0.2) is 0 Å². The number of rotatable bonds is 17. The zero-order valence-electron chi connectivity index (χ0n) is 20.2. The summed E-state index contributed by atoms with van der Waals surface area (Å²) < 4.78 is 10.4. The van der Waals surface area contributed by atoms with Gasteiger partial charge in [0.2, 0.25) is 5.91 Å². The number of alkyl halides is 1. The van der Waals surface area contributed by atoms with Gasteiger partial charge in [0, 0.05) is 20.0 Å². The van der Waals surface area contributed by atoms with E-state index in [1.165, 1.54) is 62.4 Å². The van der Waals surface area contributed by atoms with Crippen LogP contribution in [-0.4, -0.2) is 73.0 Å². The number of likely N-dealkylation sites (N-methyl/N-ethyl adjacent to an activating group) is 2. The minimum absolute atomic E-state index is 0.199. The molecule has 0 saturated heterocycles. The Morgan fingerprint density at radius 3 is 1.81 bits per heavy atom. The summed E-state index contributed by atoms with van der Waals surface area (Å²) in [6.07, 6.45) is 10.7. The van der Waals surface area contributed by atoms with Gasteiger partial charge in [0.1, 0.15) is 12.1 Å². The van der Waals surface area contributed by atoms with E-state index in [-0.39, 0.29) is 12.5 Å². The number of unbranched alkanes of at least 4 members (excludes halogenated alkanes) is 8. The summed E-state index contributed by atoms with van der Waals surface area (Å²) in [6.45, 7) is 6.01. The summed E-state index contributed by atoms with van der Waals surface area (Å²) in [5, 5.41) is 0. The first-order valence-electron chi connectivity index (χ1n) is 11.7. The van der Waals surface area contributed by atoms with Crippen LogP contribution in [0.2, 0.25) is 0 Å². The molecule has 0 N–H and O–H groups in total. The maximum Gasteiger partial charge on any atom is 0.410 e. The third-order valence-electron chi connectivity index (χ3n) is 5.49. The predicted octanol–water partition coefficient (Wildman–Crippen LogP) is 4.99. The first kappa shape index (κ1) is 29.5. The minimum atomic E-state index is -0.763. The highest BCUT2D eigenvalue weighted by atomic mass is 35.5. The number of hydrogen-bond acceptors (Lipinski definition) is 5. The second-order valence-electron chi connectivity index (χ2n) is 8.06. The van der Waals surface area contributed by atoms with Gasteiger partial charge in [-0.15, -0.1) is 11.6 Å². The molecular weight excluding hydrogens is 420 g/mol. The largest absolute Gasteiger partial charge is 0.464 e. The van der Waals surface area contributed by atoms with Crippen molar-refractivity contribution in [1.29, 1.82) is 0 Å². The maximum absolute atomic E-state index is 12.7. The molecule has 8 heteroatoms. The second-order valence-corrected chi connectivity index (χ2v) is 8.44. The average molecular weight is 463 g/mol. The van der Waals surface area contributed by atoms with Crippen LogP contribution in [0.25, 0.3) is 0 Å². The average Bonchev–Trinajstić information content (AvgIpc) is 2.77. The molecule has 0 spiro atoms. The number of amides is 2. The van der Waals surface area contributed by atoms with Crippen LogP contribution in [0.1, 0.15) is 85.0 Å². The van der Waals surface area contributed by atoms with Gasteiger partial charge < -0.3 is 14.4 Å². The summed E-state index contributed by atoms with van der Waals surface area (Å²) >= 11 is 5.56. The Hall–Kier alpha value is -1.50. The van der Waals surface area contributed by atoms with E-state index in [2.05, 4.69) is 6.92 Å². The predicted molar refractivity (Wildman–Crippen MR) is 124 cm³/mol. The number of halogens is 1. The molecule has 0 rings (SSSR count). The van der Waals surface area contributed by atoms with Gasteiger partial charge in [-0.2, -0.15) is 0 Å². The molecule has 2 amide bonds. The van der Waals surface area contributed by atoms with Crippen molar-refractivity contribution >= 4 is 29.6 Å². The Kier molecular flexibility index (Phi) is 17.2. The van der Waals surface area contributed by atoms with Crippen LogP contribution in [0.5, 0.6) is 0 Å². The molecule has 7 nitrogen and oxygen atoms in total. The van der Waals surface area contributed by atoms with Gasteiger partial charge in [0.05, 0.1) is 13.2 Å². The molecule has 2 unspecified atom stereocenters. The van der Waals surface area contributed by atoms with E-state index >= 15 is 0 Å². The van der Waals surface area contributed by atoms with Gasteiger partial charge in [0.15, 0.2) is 0 Å². The number of carbonyl (C=O) groups is 3. The van der Waals surface area contributed by atoms with E-state index in [1.807, 2.05) is 0 Å². The fraction of sp³-hybridized carbons (Fsp3) is 0.870. The molecule has 182 valence electrons. The Morgan fingerprint density at radius 2 is 1.26 bits per heavy atom. The molecule has 31 heavy (non-hydrogen) atoms. The fourth-order valence-electron chi connectivity index (χ4n) is 2.99. The molecule has 0 aromatic rings. The maximum atomic E-state index is 12.7. The molecule has 0 aliphatic heterocycles. The molecule has 0 fully saturated rings. The molecule has 0 aliphatic rings. The molecule has 0 radical (unpaired) electrons. The van der Waals surface area contributed by atoms with Crippen LogP contribution < -0.4 is 0 Å². The number of carbonyl (C=O) groups excluding carboxylic acids is 3. The number of hydrogen-bond donors (Lipinski definition) is 0. The molecule has 0 heterocycles. The van der Waals surface area contributed by atoms with Crippen molar-refractivity contribution in [1.82, 2.24) is 9.80 Å². The van der Waals surface area contributed by atoms with Crippen molar-refractivity contribution < 1.29 is 23.9 Å². The van der Waals surface area contributed by atoms with Gasteiger partial charge in [0.25, 0.3) is 0 Å². The van der Waals surface area contributed by atoms with Gasteiger partial charge >= 0.3 is 12.1 Å². The van der Waals surface area contributed by atoms with E-state index < -0.39 is 24.1 Å². The van der Waals surface area contributed by atoms with Gasteiger partial charge in [-0.3, -0.25) is 9.69 Å². The third kappa shape index (κ3) is 12.8. The van der Waals surface area contributed by atoms with Crippen molar-refractivity contribution in [2.75, 3.05) is 33.2 Å². The summed E-state index contributed by atoms with van der Waals surface area (Å²) in [5.41, 5.74) is 0. The Balaban J connectivity index is 4.17. The number of esters is 1. The van der Waals surface area contributed by atoms with Crippen molar-refractivity contribution in [2.24, 2.45) is 0 Å². The highest BCUT2D eigenvalue weighted by molar-refractivity contribution is 6.17. The quantitative estimate of drug-likeness (QED) is 0.173. The monoisotopic (exact) mass is 462 g/mol. The molecule has 0 aliphatic carbocycles. The van der Waals surface area contributed by atoms with Crippen LogP contribution in [0.3, 0.4) is 0 Å². The van der Waals surface area contributed by atoms with E-state index in [0.29, 0.717) is 18.9 Å². The summed E-state index contributed by atoms with van der Waals surface area (Å²) in [5.74, 6) is -0.397. The second kappa shape index (κ2) is 18.1. The summed E-state index contributed by atoms with van der Waals surface area (Å²) in [6, 6.07) is -1.49.